The number of hydrazone groups is 1. The van der Waals surface area contributed by atoms with Gasteiger partial charge in [-0.3, -0.25) is 0 Å². The molecule has 0 atom stereocenters. The fourth-order valence-corrected chi connectivity index (χ4v) is 2.77. The first-order valence-electron chi connectivity index (χ1n) is 8.91. The third kappa shape index (κ3) is 5.76. The lowest BCUT2D eigenvalue weighted by atomic mass is 10.2. The minimum absolute atomic E-state index is 0.0787. The Morgan fingerprint density at radius 3 is 2.55 bits per heavy atom. The summed E-state index contributed by atoms with van der Waals surface area (Å²) < 4.78 is 25.1. The Morgan fingerprint density at radius 1 is 1.03 bits per heavy atom. The molecule has 5 nitrogen and oxygen atoms in total. The average Bonchev–Trinajstić information content (AvgIpc) is 2.74. The number of rotatable bonds is 7. The topological polar surface area (TPSA) is 56.5 Å². The van der Waals surface area contributed by atoms with Gasteiger partial charge in [0.25, 0.3) is 0 Å². The molecule has 29 heavy (non-hydrogen) atoms. The normalized spacial score (nSPS) is 10.6. The molecule has 0 aliphatic carbocycles. The number of anilines is 1. The first kappa shape index (κ1) is 20.3. The number of hydrazine groups is 1. The van der Waals surface area contributed by atoms with E-state index in [-0.39, 0.29) is 12.4 Å². The predicted octanol–water partition coefficient (Wildman–Crippen LogP) is 2.81. The van der Waals surface area contributed by atoms with Crippen LogP contribution in [0.25, 0.3) is 0 Å². The lowest BCUT2D eigenvalue weighted by Crippen LogP contribution is -2.82. The molecule has 0 bridgehead atoms. The van der Waals surface area contributed by atoms with Crippen LogP contribution in [0.15, 0.2) is 72.8 Å². The summed E-state index contributed by atoms with van der Waals surface area (Å²) in [4.78, 5) is 0. The molecule has 0 unspecified atom stereocenters. The van der Waals surface area contributed by atoms with Crippen molar-refractivity contribution in [1.82, 2.24) is 5.43 Å². The highest BCUT2D eigenvalue weighted by Gasteiger charge is 2.13. The quantitative estimate of drug-likeness (QED) is 0.318. The molecule has 0 radical (unpaired) electrons. The molecule has 0 heterocycles. The fraction of sp³-hybridized carbons (Fsp3) is 0.0909. The highest BCUT2D eigenvalue weighted by molar-refractivity contribution is 7.80. The van der Waals surface area contributed by atoms with Gasteiger partial charge in [0.1, 0.15) is 12.4 Å². The van der Waals surface area contributed by atoms with E-state index in [0.29, 0.717) is 22.2 Å². The van der Waals surface area contributed by atoms with Crippen molar-refractivity contribution in [2.45, 2.75) is 6.61 Å². The maximum absolute atomic E-state index is 13.9. The van der Waals surface area contributed by atoms with Gasteiger partial charge in [-0.05, 0) is 42.5 Å². The summed E-state index contributed by atoms with van der Waals surface area (Å²) >= 11 is 5.26. The molecule has 3 rings (SSSR count). The fourth-order valence-electron chi connectivity index (χ4n) is 2.59. The summed E-state index contributed by atoms with van der Waals surface area (Å²) in [7, 11) is 1.56. The molecule has 0 amide bonds. The van der Waals surface area contributed by atoms with Gasteiger partial charge >= 0.3 is 0 Å². The second kappa shape index (κ2) is 10.2. The van der Waals surface area contributed by atoms with Gasteiger partial charge in [-0.15, -0.1) is 10.5 Å². The minimum Gasteiger partial charge on any atom is -0.493 e. The highest BCUT2D eigenvalue weighted by atomic mass is 32.1. The third-order valence-electron chi connectivity index (χ3n) is 4.00. The van der Waals surface area contributed by atoms with Crippen molar-refractivity contribution < 1.29 is 19.0 Å². The minimum atomic E-state index is -0.315. The smallest absolute Gasteiger partial charge is 0.228 e. The molecule has 3 N–H and O–H groups in total. The molecule has 0 saturated heterocycles. The number of nitrogens with one attached hydrogen (secondary N) is 3. The zero-order valence-electron chi connectivity index (χ0n) is 15.8. The lowest BCUT2D eigenvalue weighted by molar-refractivity contribution is -0.499. The Kier molecular flexibility index (Phi) is 7.13. The second-order valence-electron chi connectivity index (χ2n) is 5.99. The van der Waals surface area contributed by atoms with Gasteiger partial charge in [-0.1, -0.05) is 42.5 Å². The van der Waals surface area contributed by atoms with E-state index in [2.05, 4.69) is 15.8 Å². The van der Waals surface area contributed by atoms with Gasteiger partial charge in [0.15, 0.2) is 11.5 Å². The van der Waals surface area contributed by atoms with Gasteiger partial charge in [0.05, 0.1) is 12.7 Å². The van der Waals surface area contributed by atoms with Gasteiger partial charge < -0.3 is 14.8 Å². The SMILES string of the molecule is COc1cccc(C=[NH+]NC(=S)Nc2ccccc2)c1OCc1ccccc1F. The van der Waals surface area contributed by atoms with E-state index in [4.69, 9.17) is 21.7 Å². The molecular weight excluding hydrogens is 389 g/mol. The van der Waals surface area contributed by atoms with Crippen LogP contribution in [0.4, 0.5) is 10.1 Å². The Morgan fingerprint density at radius 2 is 1.79 bits per heavy atom. The van der Waals surface area contributed by atoms with E-state index in [0.717, 1.165) is 11.3 Å². The van der Waals surface area contributed by atoms with Crippen molar-refractivity contribution in [3.05, 3.63) is 89.7 Å². The van der Waals surface area contributed by atoms with Crippen LogP contribution in [0.2, 0.25) is 0 Å². The van der Waals surface area contributed by atoms with Crippen LogP contribution in [0.3, 0.4) is 0 Å². The van der Waals surface area contributed by atoms with E-state index < -0.39 is 0 Å². The van der Waals surface area contributed by atoms with Crippen molar-refractivity contribution in [1.29, 1.82) is 0 Å². The Labute approximate surface area is 174 Å². The number of methoxy groups -OCH3 is 1. The number of hydrogen-bond donors (Lipinski definition) is 3. The first-order chi connectivity index (χ1) is 14.2. The zero-order valence-corrected chi connectivity index (χ0v) is 16.6. The molecule has 0 fully saturated rings. The Balaban J connectivity index is 1.69. The van der Waals surface area contributed by atoms with Crippen LogP contribution >= 0.6 is 12.2 Å². The molecule has 0 spiro atoms. The number of hydrogen-bond acceptors (Lipinski definition) is 3. The maximum Gasteiger partial charge on any atom is 0.228 e. The number of para-hydroxylation sites is 2. The second-order valence-corrected chi connectivity index (χ2v) is 6.40. The van der Waals surface area contributed by atoms with Crippen molar-refractivity contribution in [2.75, 3.05) is 12.4 Å². The predicted molar refractivity (Wildman–Crippen MR) is 116 cm³/mol. The Hall–Kier alpha value is -3.45. The van der Waals surface area contributed by atoms with Gasteiger partial charge in [-0.2, -0.15) is 0 Å². The van der Waals surface area contributed by atoms with Crippen LogP contribution < -0.4 is 25.3 Å². The first-order valence-corrected chi connectivity index (χ1v) is 9.32. The average molecular weight is 410 g/mol. The molecule has 148 valence electrons. The summed E-state index contributed by atoms with van der Waals surface area (Å²) in [6.07, 6.45) is 1.69. The summed E-state index contributed by atoms with van der Waals surface area (Å²) in [5.41, 5.74) is 4.94. The molecule has 0 aliphatic heterocycles. The number of halogens is 1. The van der Waals surface area contributed by atoms with Crippen LogP contribution in [0, 0.1) is 5.82 Å². The van der Waals surface area contributed by atoms with Crippen molar-refractivity contribution in [3.63, 3.8) is 0 Å². The van der Waals surface area contributed by atoms with Crippen molar-refractivity contribution >= 4 is 29.2 Å². The summed E-state index contributed by atoms with van der Waals surface area (Å²) in [6, 6.07) is 21.5. The maximum atomic E-state index is 13.9. The number of thiocarbonyl (C=S) groups is 1. The van der Waals surface area contributed by atoms with Crippen molar-refractivity contribution in [3.8, 4) is 11.5 Å². The monoisotopic (exact) mass is 410 g/mol. The van der Waals surface area contributed by atoms with Gasteiger partial charge in [0, 0.05) is 11.3 Å². The zero-order chi connectivity index (χ0) is 20.5. The highest BCUT2D eigenvalue weighted by Crippen LogP contribution is 2.30. The van der Waals surface area contributed by atoms with E-state index in [9.17, 15) is 4.39 Å². The molecular formula is C22H21FN3O2S+. The molecule has 0 aromatic heterocycles. The number of benzene rings is 3. The van der Waals surface area contributed by atoms with Crippen LogP contribution in [0.5, 0.6) is 11.5 Å². The van der Waals surface area contributed by atoms with Crippen LogP contribution in [-0.2, 0) is 6.61 Å². The van der Waals surface area contributed by atoms with Crippen molar-refractivity contribution in [2.24, 2.45) is 0 Å². The van der Waals surface area contributed by atoms with Crippen LogP contribution in [-0.4, -0.2) is 18.4 Å². The molecule has 7 heteroatoms. The molecule has 3 aromatic carbocycles. The van der Waals surface area contributed by atoms with E-state index in [1.54, 1.807) is 37.6 Å². The van der Waals surface area contributed by atoms with Gasteiger partial charge in [0.2, 0.25) is 11.3 Å². The van der Waals surface area contributed by atoms with Gasteiger partial charge in [-0.25, -0.2) is 4.39 Å². The van der Waals surface area contributed by atoms with Crippen LogP contribution in [0.1, 0.15) is 11.1 Å². The third-order valence-corrected chi connectivity index (χ3v) is 4.21. The largest absolute Gasteiger partial charge is 0.493 e. The summed E-state index contributed by atoms with van der Waals surface area (Å²) in [5, 5.41) is 6.40. The molecule has 0 saturated carbocycles. The Bertz CT molecular complexity index is 996. The summed E-state index contributed by atoms with van der Waals surface area (Å²) in [5.74, 6) is 0.724. The van der Waals surface area contributed by atoms with E-state index in [1.807, 2.05) is 42.5 Å². The standard InChI is InChI=1S/C22H20FN3O2S/c1-27-20-13-7-9-16(21(20)28-15-17-8-5-6-12-19(17)23)14-24-26-22(29)25-18-10-3-2-4-11-18/h2-14H,15H2,1H3,(H2,25,26,29)/p+1. The molecule has 3 aromatic rings. The summed E-state index contributed by atoms with van der Waals surface area (Å²) in [6.45, 7) is 0.0787. The number of ether oxygens (including phenoxy) is 2. The molecule has 0 aliphatic rings. The lowest BCUT2D eigenvalue weighted by Gasteiger charge is -2.12. The van der Waals surface area contributed by atoms with E-state index >= 15 is 0 Å². The van der Waals surface area contributed by atoms with E-state index in [1.165, 1.54) is 6.07 Å².